The van der Waals surface area contributed by atoms with Crippen molar-refractivity contribution < 1.29 is 9.47 Å². The maximum atomic E-state index is 6.36. The maximum absolute atomic E-state index is 6.36. The van der Waals surface area contributed by atoms with Crippen molar-refractivity contribution in [3.63, 3.8) is 0 Å². The summed E-state index contributed by atoms with van der Waals surface area (Å²) >= 11 is 6.15. The molecule has 18 heavy (non-hydrogen) atoms. The Labute approximate surface area is 113 Å². The van der Waals surface area contributed by atoms with Crippen LogP contribution < -0.4 is 10.5 Å². The number of halogens is 1. The van der Waals surface area contributed by atoms with E-state index in [0.29, 0.717) is 6.61 Å². The van der Waals surface area contributed by atoms with Gasteiger partial charge in [0.05, 0.1) is 13.2 Å². The molecule has 100 valence electrons. The van der Waals surface area contributed by atoms with Crippen molar-refractivity contribution in [3.8, 4) is 5.75 Å². The minimum Gasteiger partial charge on any atom is -0.493 e. The van der Waals surface area contributed by atoms with Crippen LogP contribution in [-0.2, 0) is 17.6 Å². The molecule has 3 nitrogen and oxygen atoms in total. The third-order valence-corrected chi connectivity index (χ3v) is 3.72. The highest BCUT2D eigenvalue weighted by atomic mass is 35.5. The Bertz CT molecular complexity index is 436. The number of ether oxygens (including phenoxy) is 2. The molecule has 1 aliphatic heterocycles. The fourth-order valence-corrected chi connectivity index (χ4v) is 2.69. The summed E-state index contributed by atoms with van der Waals surface area (Å²) in [5, 5.41) is 0.755. The number of methoxy groups -OCH3 is 1. The van der Waals surface area contributed by atoms with Gasteiger partial charge in [-0.1, -0.05) is 18.5 Å². The zero-order valence-corrected chi connectivity index (χ0v) is 11.7. The van der Waals surface area contributed by atoms with Gasteiger partial charge < -0.3 is 15.2 Å². The van der Waals surface area contributed by atoms with Crippen LogP contribution >= 0.6 is 11.6 Å². The highest BCUT2D eigenvalue weighted by Gasteiger charge is 2.27. The zero-order chi connectivity index (χ0) is 13.2. The standard InChI is InChI=1S/C14H20ClNO2/c1-3-14(16,9-17-2)8-11-7-12(15)6-10-4-5-18-13(10)11/h6-7H,3-5,8-9,16H2,1-2H3. The molecule has 0 aromatic heterocycles. The van der Waals surface area contributed by atoms with E-state index in [9.17, 15) is 0 Å². The monoisotopic (exact) mass is 269 g/mol. The molecule has 0 saturated heterocycles. The van der Waals surface area contributed by atoms with Crippen molar-refractivity contribution >= 4 is 11.6 Å². The fourth-order valence-electron chi connectivity index (χ4n) is 2.42. The SMILES string of the molecule is CCC(N)(COC)Cc1cc(Cl)cc2c1OCC2. The van der Waals surface area contributed by atoms with E-state index in [4.69, 9.17) is 26.8 Å². The first-order chi connectivity index (χ1) is 8.58. The highest BCUT2D eigenvalue weighted by Crippen LogP contribution is 2.35. The van der Waals surface area contributed by atoms with Crippen LogP contribution in [0.25, 0.3) is 0 Å². The topological polar surface area (TPSA) is 44.5 Å². The van der Waals surface area contributed by atoms with Gasteiger partial charge in [0.25, 0.3) is 0 Å². The number of hydrogen-bond acceptors (Lipinski definition) is 3. The van der Waals surface area contributed by atoms with Crippen molar-refractivity contribution in [2.24, 2.45) is 5.73 Å². The van der Waals surface area contributed by atoms with E-state index in [2.05, 4.69) is 6.92 Å². The Morgan fingerprint density at radius 1 is 1.50 bits per heavy atom. The predicted octanol–water partition coefficient (Wildman–Crippen LogP) is 2.57. The van der Waals surface area contributed by atoms with Gasteiger partial charge >= 0.3 is 0 Å². The third-order valence-electron chi connectivity index (χ3n) is 3.50. The van der Waals surface area contributed by atoms with E-state index in [1.165, 1.54) is 5.56 Å². The summed E-state index contributed by atoms with van der Waals surface area (Å²) in [6.45, 7) is 3.34. The van der Waals surface area contributed by atoms with Crippen LogP contribution in [0.2, 0.25) is 5.02 Å². The van der Waals surface area contributed by atoms with Crippen molar-refractivity contribution in [1.29, 1.82) is 0 Å². The molecule has 0 amide bonds. The van der Waals surface area contributed by atoms with Gasteiger partial charge in [-0.3, -0.25) is 0 Å². The van der Waals surface area contributed by atoms with Crippen LogP contribution in [0.1, 0.15) is 24.5 Å². The molecule has 1 heterocycles. The predicted molar refractivity (Wildman–Crippen MR) is 73.4 cm³/mol. The van der Waals surface area contributed by atoms with Crippen LogP contribution in [0.5, 0.6) is 5.75 Å². The van der Waals surface area contributed by atoms with E-state index < -0.39 is 0 Å². The van der Waals surface area contributed by atoms with Crippen LogP contribution in [-0.4, -0.2) is 25.9 Å². The molecule has 0 spiro atoms. The van der Waals surface area contributed by atoms with Gasteiger partial charge in [-0.15, -0.1) is 0 Å². The molecule has 1 aromatic rings. The first-order valence-electron chi connectivity index (χ1n) is 6.30. The normalized spacial score (nSPS) is 17.1. The molecule has 1 aromatic carbocycles. The summed E-state index contributed by atoms with van der Waals surface area (Å²) in [5.74, 6) is 0.971. The van der Waals surface area contributed by atoms with Gasteiger partial charge in [0.2, 0.25) is 0 Å². The molecule has 0 radical (unpaired) electrons. The van der Waals surface area contributed by atoms with Gasteiger partial charge in [-0.25, -0.2) is 0 Å². The summed E-state index contributed by atoms with van der Waals surface area (Å²) in [7, 11) is 1.68. The lowest BCUT2D eigenvalue weighted by molar-refractivity contribution is 0.129. The highest BCUT2D eigenvalue weighted by molar-refractivity contribution is 6.30. The minimum atomic E-state index is -0.362. The molecule has 0 saturated carbocycles. The molecule has 2 N–H and O–H groups in total. The van der Waals surface area contributed by atoms with Crippen molar-refractivity contribution in [1.82, 2.24) is 0 Å². The van der Waals surface area contributed by atoms with Crippen LogP contribution in [0.3, 0.4) is 0 Å². The summed E-state index contributed by atoms with van der Waals surface area (Å²) in [6.07, 6.45) is 2.50. The quantitative estimate of drug-likeness (QED) is 0.894. The Morgan fingerprint density at radius 2 is 2.28 bits per heavy atom. The van der Waals surface area contributed by atoms with Crippen LogP contribution in [0, 0.1) is 0 Å². The van der Waals surface area contributed by atoms with E-state index in [-0.39, 0.29) is 5.54 Å². The second-order valence-corrected chi connectivity index (χ2v) is 5.41. The minimum absolute atomic E-state index is 0.362. The van der Waals surface area contributed by atoms with Crippen molar-refractivity contribution in [3.05, 3.63) is 28.3 Å². The average Bonchev–Trinajstić information content (AvgIpc) is 2.77. The molecule has 0 aliphatic carbocycles. The number of nitrogens with two attached hydrogens (primary N) is 1. The average molecular weight is 270 g/mol. The number of rotatable bonds is 5. The Morgan fingerprint density at radius 3 is 2.94 bits per heavy atom. The smallest absolute Gasteiger partial charge is 0.125 e. The van der Waals surface area contributed by atoms with E-state index in [1.807, 2.05) is 12.1 Å². The van der Waals surface area contributed by atoms with Crippen LogP contribution in [0.4, 0.5) is 0 Å². The van der Waals surface area contributed by atoms with Gasteiger partial charge in [0.1, 0.15) is 5.75 Å². The summed E-state index contributed by atoms with van der Waals surface area (Å²) < 4.78 is 10.9. The number of hydrogen-bond donors (Lipinski definition) is 1. The van der Waals surface area contributed by atoms with E-state index in [1.54, 1.807) is 7.11 Å². The van der Waals surface area contributed by atoms with Gasteiger partial charge in [0, 0.05) is 24.1 Å². The lowest BCUT2D eigenvalue weighted by Crippen LogP contribution is -2.45. The Balaban J connectivity index is 2.28. The first-order valence-corrected chi connectivity index (χ1v) is 6.67. The second kappa shape index (κ2) is 5.47. The molecular formula is C14H20ClNO2. The molecule has 2 rings (SSSR count). The third kappa shape index (κ3) is 2.79. The van der Waals surface area contributed by atoms with Gasteiger partial charge in [-0.05, 0) is 36.1 Å². The van der Waals surface area contributed by atoms with E-state index >= 15 is 0 Å². The van der Waals surface area contributed by atoms with Crippen molar-refractivity contribution in [2.75, 3.05) is 20.3 Å². The maximum Gasteiger partial charge on any atom is 0.125 e. The molecular weight excluding hydrogens is 250 g/mol. The first kappa shape index (κ1) is 13.7. The Hall–Kier alpha value is -0.770. The van der Waals surface area contributed by atoms with Crippen LogP contribution in [0.15, 0.2) is 12.1 Å². The second-order valence-electron chi connectivity index (χ2n) is 4.98. The van der Waals surface area contributed by atoms with Gasteiger partial charge in [0.15, 0.2) is 0 Å². The molecule has 1 atom stereocenters. The molecule has 0 fully saturated rings. The van der Waals surface area contributed by atoms with E-state index in [0.717, 1.165) is 42.2 Å². The largest absolute Gasteiger partial charge is 0.493 e. The molecule has 0 bridgehead atoms. The lowest BCUT2D eigenvalue weighted by Gasteiger charge is -2.28. The molecule has 1 unspecified atom stereocenters. The number of benzene rings is 1. The molecule has 1 aliphatic rings. The molecule has 4 heteroatoms. The Kier molecular flexibility index (Phi) is 4.15. The van der Waals surface area contributed by atoms with Gasteiger partial charge in [-0.2, -0.15) is 0 Å². The summed E-state index contributed by atoms with van der Waals surface area (Å²) in [4.78, 5) is 0. The number of fused-ring (bicyclic) bond motifs is 1. The van der Waals surface area contributed by atoms with Crippen molar-refractivity contribution in [2.45, 2.75) is 31.7 Å². The lowest BCUT2D eigenvalue weighted by atomic mass is 9.89. The summed E-state index contributed by atoms with van der Waals surface area (Å²) in [6, 6.07) is 3.94. The fraction of sp³-hybridized carbons (Fsp3) is 0.571. The zero-order valence-electron chi connectivity index (χ0n) is 11.0. The summed E-state index contributed by atoms with van der Waals surface area (Å²) in [5.41, 5.74) is 8.28.